The second-order valence-electron chi connectivity index (χ2n) is 13.4. The number of ether oxygens (including phenoxy) is 5. The van der Waals surface area contributed by atoms with Gasteiger partial charge >= 0.3 is 17.7 Å². The standard InChI is InChI=1S/C42H50N6O14/c43-16-18-57-19-20-58-21-22-59-23-24-60-37(41(54)55)36(51)32(25-28-7-3-1-4-8-28)46-40(53)33(26-35(50)61-27-29-9-5-2-6-10-29)45-34(49)15-17-44-39(52)31-13-11-30(12-14-31)38-47-42(56)62-48-38/h1-14,32-33,37H,15-27,43H2,(H,44,52)(H,45,49)(H,46,53)(H,54,55)(H,47,48,56)/t32-,33-,37?/m0/s1. The summed E-state index contributed by atoms with van der Waals surface area (Å²) in [5, 5.41) is 21.2. The smallest absolute Gasteiger partial charge is 0.439 e. The molecule has 332 valence electrons. The molecular formula is C42H50N6O14. The van der Waals surface area contributed by atoms with Crippen LogP contribution >= 0.6 is 0 Å². The Morgan fingerprint density at radius 3 is 1.97 bits per heavy atom. The Bertz CT molecular complexity index is 2080. The lowest BCUT2D eigenvalue weighted by Gasteiger charge is -2.25. The van der Waals surface area contributed by atoms with Gasteiger partial charge in [0, 0.05) is 30.6 Å². The van der Waals surface area contributed by atoms with Crippen LogP contribution in [0.15, 0.2) is 94.2 Å². The number of carboxylic acids is 1. The van der Waals surface area contributed by atoms with E-state index in [-0.39, 0.29) is 63.8 Å². The van der Waals surface area contributed by atoms with Crippen molar-refractivity contribution in [3.63, 3.8) is 0 Å². The van der Waals surface area contributed by atoms with Gasteiger partial charge in [-0.25, -0.2) is 9.59 Å². The molecule has 1 unspecified atom stereocenters. The summed E-state index contributed by atoms with van der Waals surface area (Å²) in [5.41, 5.74) is 7.31. The number of benzene rings is 3. The number of nitrogens with one attached hydrogen (secondary N) is 4. The molecule has 0 spiro atoms. The van der Waals surface area contributed by atoms with Crippen molar-refractivity contribution < 1.29 is 62.1 Å². The summed E-state index contributed by atoms with van der Waals surface area (Å²) >= 11 is 0. The molecule has 0 fully saturated rings. The van der Waals surface area contributed by atoms with Crippen LogP contribution in [0.2, 0.25) is 0 Å². The molecule has 4 aromatic rings. The van der Waals surface area contributed by atoms with Crippen molar-refractivity contribution in [1.82, 2.24) is 26.1 Å². The molecule has 20 nitrogen and oxygen atoms in total. The minimum absolute atomic E-state index is 0.0708. The van der Waals surface area contributed by atoms with Gasteiger partial charge in [0.1, 0.15) is 12.6 Å². The molecule has 20 heteroatoms. The van der Waals surface area contributed by atoms with Crippen molar-refractivity contribution in [2.45, 2.75) is 44.1 Å². The lowest BCUT2D eigenvalue weighted by Crippen LogP contribution is -2.55. The van der Waals surface area contributed by atoms with Gasteiger partial charge in [0.15, 0.2) is 11.6 Å². The number of nitrogens with two attached hydrogens (primary N) is 1. The van der Waals surface area contributed by atoms with Gasteiger partial charge in [0.25, 0.3) is 5.91 Å². The topological polar surface area (TPSA) is 290 Å². The number of esters is 1. The number of nitrogens with zero attached hydrogens (tertiary/aromatic N) is 1. The average molecular weight is 863 g/mol. The number of carbonyl (C=O) groups is 6. The first-order chi connectivity index (χ1) is 30.0. The van der Waals surface area contributed by atoms with Gasteiger partial charge in [-0.2, -0.15) is 0 Å². The largest absolute Gasteiger partial charge is 0.479 e. The molecule has 0 bridgehead atoms. The van der Waals surface area contributed by atoms with Crippen LogP contribution < -0.4 is 27.4 Å². The maximum atomic E-state index is 13.9. The molecule has 3 atom stereocenters. The van der Waals surface area contributed by atoms with Crippen molar-refractivity contribution in [2.24, 2.45) is 5.73 Å². The van der Waals surface area contributed by atoms with Crippen LogP contribution in [-0.2, 0) is 60.7 Å². The van der Waals surface area contributed by atoms with Gasteiger partial charge in [-0.15, -0.1) is 0 Å². The molecule has 0 aliphatic heterocycles. The number of carbonyl (C=O) groups excluding carboxylic acids is 5. The van der Waals surface area contributed by atoms with Gasteiger partial charge in [0.2, 0.25) is 17.9 Å². The van der Waals surface area contributed by atoms with Crippen LogP contribution in [-0.4, -0.2) is 128 Å². The van der Waals surface area contributed by atoms with Crippen molar-refractivity contribution in [1.29, 1.82) is 0 Å². The molecule has 1 aromatic heterocycles. The molecule has 0 saturated heterocycles. The van der Waals surface area contributed by atoms with Gasteiger partial charge in [0.05, 0.1) is 58.7 Å². The Balaban J connectivity index is 1.39. The quantitative estimate of drug-likeness (QED) is 0.0247. The zero-order chi connectivity index (χ0) is 44.5. The van der Waals surface area contributed by atoms with Crippen LogP contribution in [0, 0.1) is 0 Å². The van der Waals surface area contributed by atoms with Crippen molar-refractivity contribution in [3.05, 3.63) is 112 Å². The minimum Gasteiger partial charge on any atom is -0.479 e. The SMILES string of the molecule is NCCOCCOCCOCCOC(C(=O)O)C(=O)[C@H](Cc1ccccc1)NC(=O)[C@H](CC(=O)OCc1ccccc1)NC(=O)CCNC(=O)c1ccc(-c2noc(=O)[nH]2)cc1. The van der Waals surface area contributed by atoms with E-state index in [2.05, 4.69) is 30.6 Å². The predicted molar refractivity (Wildman–Crippen MR) is 218 cm³/mol. The number of rotatable bonds is 29. The van der Waals surface area contributed by atoms with E-state index in [1.54, 1.807) is 60.7 Å². The molecule has 1 heterocycles. The van der Waals surface area contributed by atoms with Crippen LogP contribution in [0.25, 0.3) is 11.4 Å². The van der Waals surface area contributed by atoms with E-state index in [4.69, 9.17) is 29.4 Å². The molecule has 0 saturated carbocycles. The third-order valence-corrected chi connectivity index (χ3v) is 8.71. The summed E-state index contributed by atoms with van der Waals surface area (Å²) in [7, 11) is 0. The number of hydrogen-bond acceptors (Lipinski definition) is 15. The number of aromatic amines is 1. The second-order valence-corrected chi connectivity index (χ2v) is 13.4. The molecule has 62 heavy (non-hydrogen) atoms. The predicted octanol–water partition coefficient (Wildman–Crippen LogP) is 0.543. The van der Waals surface area contributed by atoms with Crippen LogP contribution in [0.3, 0.4) is 0 Å². The summed E-state index contributed by atoms with van der Waals surface area (Å²) in [5.74, 6) is -6.29. The lowest BCUT2D eigenvalue weighted by molar-refractivity contribution is -0.158. The first-order valence-corrected chi connectivity index (χ1v) is 19.6. The summed E-state index contributed by atoms with van der Waals surface area (Å²) in [4.78, 5) is 92.8. The first kappa shape index (κ1) is 48.1. The Kier molecular flexibility index (Phi) is 20.6. The first-order valence-electron chi connectivity index (χ1n) is 19.6. The third kappa shape index (κ3) is 17.2. The molecular weight excluding hydrogens is 812 g/mol. The highest BCUT2D eigenvalue weighted by atomic mass is 16.6. The van der Waals surface area contributed by atoms with Gasteiger partial charge < -0.3 is 50.5 Å². The van der Waals surface area contributed by atoms with E-state index < -0.39 is 65.8 Å². The number of carboxylic acid groups (broad SMARTS) is 1. The van der Waals surface area contributed by atoms with Gasteiger partial charge in [-0.05, 0) is 29.7 Å². The Morgan fingerprint density at radius 1 is 0.758 bits per heavy atom. The maximum Gasteiger partial charge on any atom is 0.439 e. The summed E-state index contributed by atoms with van der Waals surface area (Å²) in [6.45, 7) is 1.25. The summed E-state index contributed by atoms with van der Waals surface area (Å²) in [6.07, 6.45) is -3.17. The summed E-state index contributed by atoms with van der Waals surface area (Å²) in [6, 6.07) is 20.1. The fourth-order valence-corrected chi connectivity index (χ4v) is 5.62. The van der Waals surface area contributed by atoms with E-state index in [9.17, 15) is 38.7 Å². The minimum atomic E-state index is -2.02. The maximum absolute atomic E-state index is 13.9. The highest BCUT2D eigenvalue weighted by Crippen LogP contribution is 2.15. The normalized spacial score (nSPS) is 12.4. The molecule has 0 radical (unpaired) electrons. The van der Waals surface area contributed by atoms with Crippen LogP contribution in [0.1, 0.15) is 34.3 Å². The lowest BCUT2D eigenvalue weighted by atomic mass is 9.98. The average Bonchev–Trinajstić information content (AvgIpc) is 3.72. The van der Waals surface area contributed by atoms with E-state index in [0.717, 1.165) is 0 Å². The number of Topliss-reactive ketones (excluding diaryl/α,β-unsaturated/α-hetero) is 1. The highest BCUT2D eigenvalue weighted by molar-refractivity contribution is 6.06. The zero-order valence-electron chi connectivity index (χ0n) is 33.8. The van der Waals surface area contributed by atoms with E-state index in [1.165, 1.54) is 24.3 Å². The number of aliphatic carboxylic acids is 1. The molecule has 3 aromatic carbocycles. The summed E-state index contributed by atoms with van der Waals surface area (Å²) < 4.78 is 31.3. The van der Waals surface area contributed by atoms with Crippen LogP contribution in [0.4, 0.5) is 0 Å². The fourth-order valence-electron chi connectivity index (χ4n) is 5.62. The molecule has 3 amide bonds. The van der Waals surface area contributed by atoms with Gasteiger partial charge in [-0.3, -0.25) is 33.5 Å². The number of aromatic nitrogens is 2. The monoisotopic (exact) mass is 862 g/mol. The van der Waals surface area contributed by atoms with Crippen molar-refractivity contribution in [3.8, 4) is 11.4 Å². The van der Waals surface area contributed by atoms with Crippen molar-refractivity contribution in [2.75, 3.05) is 59.3 Å². The fraction of sp³-hybridized carbons (Fsp3) is 0.381. The Morgan fingerprint density at radius 2 is 1.37 bits per heavy atom. The number of amides is 3. The van der Waals surface area contributed by atoms with Crippen molar-refractivity contribution >= 4 is 35.4 Å². The number of hydrogen-bond donors (Lipinski definition) is 6. The molecule has 0 aliphatic carbocycles. The Hall–Kier alpha value is -6.58. The third-order valence-electron chi connectivity index (χ3n) is 8.71. The highest BCUT2D eigenvalue weighted by Gasteiger charge is 2.36. The number of H-pyrrole nitrogens is 1. The zero-order valence-corrected chi connectivity index (χ0v) is 33.8. The van der Waals surface area contributed by atoms with E-state index in [0.29, 0.717) is 43.1 Å². The molecule has 7 N–H and O–H groups in total. The van der Waals surface area contributed by atoms with E-state index in [1.807, 2.05) is 0 Å². The number of ketones is 1. The molecule has 4 rings (SSSR count). The second kappa shape index (κ2) is 26.6. The molecule has 0 aliphatic rings. The Labute approximate surface area is 355 Å². The van der Waals surface area contributed by atoms with Gasteiger partial charge in [-0.1, -0.05) is 78.0 Å². The van der Waals surface area contributed by atoms with E-state index >= 15 is 0 Å². The van der Waals surface area contributed by atoms with Crippen LogP contribution in [0.5, 0.6) is 0 Å².